The molecule has 82 valence electrons. The summed E-state index contributed by atoms with van der Waals surface area (Å²) in [6, 6.07) is 7.57. The van der Waals surface area contributed by atoms with Crippen molar-refractivity contribution in [2.75, 3.05) is 13.2 Å². The number of hydroxylamine groups is 1. The molecule has 4 heteroatoms. The molecule has 0 saturated carbocycles. The van der Waals surface area contributed by atoms with Gasteiger partial charge in [0.1, 0.15) is 12.1 Å². The average Bonchev–Trinajstić information content (AvgIpc) is 2.26. The van der Waals surface area contributed by atoms with E-state index < -0.39 is 0 Å². The minimum atomic E-state index is 0.602. The Morgan fingerprint density at radius 3 is 2.93 bits per heavy atom. The fourth-order valence-corrected chi connectivity index (χ4v) is 1.04. The van der Waals surface area contributed by atoms with E-state index in [9.17, 15) is 0 Å². The van der Waals surface area contributed by atoms with Crippen LogP contribution in [0.4, 0.5) is 5.69 Å². The van der Waals surface area contributed by atoms with E-state index in [0.29, 0.717) is 13.2 Å². The molecule has 0 radical (unpaired) electrons. The van der Waals surface area contributed by atoms with Crippen LogP contribution in [0.1, 0.15) is 13.8 Å². The fourth-order valence-electron chi connectivity index (χ4n) is 1.04. The van der Waals surface area contributed by atoms with Gasteiger partial charge in [-0.15, -0.1) is 0 Å². The molecule has 1 aromatic rings. The summed E-state index contributed by atoms with van der Waals surface area (Å²) < 4.78 is 5.35. The van der Waals surface area contributed by atoms with E-state index in [-0.39, 0.29) is 0 Å². The van der Waals surface area contributed by atoms with Gasteiger partial charge in [0.2, 0.25) is 0 Å². The van der Waals surface area contributed by atoms with Crippen LogP contribution in [-0.4, -0.2) is 19.6 Å². The van der Waals surface area contributed by atoms with Gasteiger partial charge in [-0.2, -0.15) is 0 Å². The van der Waals surface area contributed by atoms with Gasteiger partial charge in [-0.1, -0.05) is 6.07 Å². The van der Waals surface area contributed by atoms with Gasteiger partial charge in [0.05, 0.1) is 18.9 Å². The summed E-state index contributed by atoms with van der Waals surface area (Å²) in [6.07, 6.45) is 1.51. The van der Waals surface area contributed by atoms with Crippen molar-refractivity contribution in [3.05, 3.63) is 24.3 Å². The third-order valence-electron chi connectivity index (χ3n) is 1.62. The molecule has 0 heterocycles. The van der Waals surface area contributed by atoms with Crippen LogP contribution in [0.15, 0.2) is 29.3 Å². The summed E-state index contributed by atoms with van der Waals surface area (Å²) in [5.74, 6) is 0.823. The fraction of sp³-hybridized carbons (Fsp3) is 0.364. The Bertz CT molecular complexity index is 313. The van der Waals surface area contributed by atoms with Crippen LogP contribution in [0.3, 0.4) is 0 Å². The topological polar surface area (TPSA) is 42.8 Å². The number of benzene rings is 1. The maximum Gasteiger partial charge on any atom is 0.121 e. The lowest BCUT2D eigenvalue weighted by Gasteiger charge is -2.02. The molecular formula is C11H16N2O2. The predicted molar refractivity (Wildman–Crippen MR) is 60.5 cm³/mol. The molecule has 0 amide bonds. The van der Waals surface area contributed by atoms with Crippen molar-refractivity contribution < 1.29 is 9.57 Å². The van der Waals surface area contributed by atoms with Gasteiger partial charge in [0.25, 0.3) is 0 Å². The molecule has 4 nitrogen and oxygen atoms in total. The summed E-state index contributed by atoms with van der Waals surface area (Å²) in [5.41, 5.74) is 3.43. The third kappa shape index (κ3) is 4.46. The van der Waals surface area contributed by atoms with Gasteiger partial charge in [-0.3, -0.25) is 10.3 Å². The molecule has 0 aliphatic heterocycles. The summed E-state index contributed by atoms with van der Waals surface area (Å²) in [4.78, 5) is 9.05. The zero-order valence-electron chi connectivity index (χ0n) is 9.06. The van der Waals surface area contributed by atoms with Crippen LogP contribution in [-0.2, 0) is 4.84 Å². The maximum absolute atomic E-state index is 5.35. The van der Waals surface area contributed by atoms with Crippen molar-refractivity contribution in [3.8, 4) is 5.75 Å². The zero-order chi connectivity index (χ0) is 10.9. The van der Waals surface area contributed by atoms with Crippen molar-refractivity contribution in [2.45, 2.75) is 13.8 Å². The second-order valence-corrected chi connectivity index (χ2v) is 2.74. The lowest BCUT2D eigenvalue weighted by molar-refractivity contribution is 0.100. The number of ether oxygens (including phenoxy) is 1. The molecule has 0 atom stereocenters. The van der Waals surface area contributed by atoms with E-state index in [1.165, 1.54) is 6.34 Å². The minimum absolute atomic E-state index is 0.602. The van der Waals surface area contributed by atoms with Crippen LogP contribution in [0.5, 0.6) is 5.75 Å². The normalized spacial score (nSPS) is 10.5. The SMILES string of the molecule is CCONC=Nc1cccc(OCC)c1. The second-order valence-electron chi connectivity index (χ2n) is 2.74. The molecule has 1 rings (SSSR count). The Kier molecular flexibility index (Phi) is 5.25. The summed E-state index contributed by atoms with van der Waals surface area (Å²) in [7, 11) is 0. The molecule has 15 heavy (non-hydrogen) atoms. The lowest BCUT2D eigenvalue weighted by atomic mass is 10.3. The van der Waals surface area contributed by atoms with Gasteiger partial charge >= 0.3 is 0 Å². The van der Waals surface area contributed by atoms with Crippen LogP contribution < -0.4 is 10.2 Å². The van der Waals surface area contributed by atoms with Crippen LogP contribution in [0.25, 0.3) is 0 Å². The monoisotopic (exact) mass is 208 g/mol. The van der Waals surface area contributed by atoms with Crippen LogP contribution >= 0.6 is 0 Å². The highest BCUT2D eigenvalue weighted by Gasteiger charge is 1.92. The largest absolute Gasteiger partial charge is 0.494 e. The van der Waals surface area contributed by atoms with Gasteiger partial charge in [0.15, 0.2) is 0 Å². The van der Waals surface area contributed by atoms with Crippen molar-refractivity contribution in [3.63, 3.8) is 0 Å². The molecule has 1 aromatic carbocycles. The van der Waals surface area contributed by atoms with Crippen LogP contribution in [0, 0.1) is 0 Å². The van der Waals surface area contributed by atoms with E-state index >= 15 is 0 Å². The molecule has 0 bridgehead atoms. The standard InChI is InChI=1S/C11H16N2O2/c1-3-14-11-7-5-6-10(8-11)12-9-13-15-4-2/h5-9H,3-4H2,1-2H3,(H,12,13). The molecule has 0 spiro atoms. The molecule has 0 aromatic heterocycles. The Morgan fingerprint density at radius 2 is 2.20 bits per heavy atom. The first-order valence-corrected chi connectivity index (χ1v) is 4.99. The second kappa shape index (κ2) is 6.84. The molecule has 0 saturated heterocycles. The smallest absolute Gasteiger partial charge is 0.121 e. The number of nitrogens with zero attached hydrogens (tertiary/aromatic N) is 1. The Labute approximate surface area is 89.9 Å². The van der Waals surface area contributed by atoms with Crippen LogP contribution in [0.2, 0.25) is 0 Å². The molecule has 0 fully saturated rings. The molecular weight excluding hydrogens is 192 g/mol. The average molecular weight is 208 g/mol. The summed E-state index contributed by atoms with van der Waals surface area (Å²) >= 11 is 0. The predicted octanol–water partition coefficient (Wildman–Crippen LogP) is 2.29. The molecule has 0 aliphatic rings. The van der Waals surface area contributed by atoms with E-state index in [1.807, 2.05) is 38.1 Å². The Hall–Kier alpha value is -1.55. The molecule has 1 N–H and O–H groups in total. The highest BCUT2D eigenvalue weighted by Crippen LogP contribution is 2.19. The van der Waals surface area contributed by atoms with Gasteiger partial charge in [-0.25, -0.2) is 4.99 Å². The highest BCUT2D eigenvalue weighted by atomic mass is 16.6. The first-order valence-electron chi connectivity index (χ1n) is 4.99. The van der Waals surface area contributed by atoms with E-state index in [2.05, 4.69) is 10.5 Å². The minimum Gasteiger partial charge on any atom is -0.494 e. The van der Waals surface area contributed by atoms with Gasteiger partial charge < -0.3 is 4.74 Å². The molecule has 0 unspecified atom stereocenters. The summed E-state index contributed by atoms with van der Waals surface area (Å²) in [5, 5.41) is 0. The highest BCUT2D eigenvalue weighted by molar-refractivity contribution is 5.60. The number of nitrogens with one attached hydrogen (secondary N) is 1. The van der Waals surface area contributed by atoms with Crippen molar-refractivity contribution in [2.24, 2.45) is 4.99 Å². The number of hydrogen-bond donors (Lipinski definition) is 1. The third-order valence-corrected chi connectivity index (χ3v) is 1.62. The number of aliphatic imine (C=N–C) groups is 1. The van der Waals surface area contributed by atoms with E-state index in [1.54, 1.807) is 0 Å². The van der Waals surface area contributed by atoms with Crippen molar-refractivity contribution in [1.82, 2.24) is 5.48 Å². The number of hydrogen-bond acceptors (Lipinski definition) is 3. The maximum atomic E-state index is 5.35. The van der Waals surface area contributed by atoms with Gasteiger partial charge in [-0.05, 0) is 26.0 Å². The first-order chi connectivity index (χ1) is 7.36. The molecule has 0 aliphatic carbocycles. The summed E-state index contributed by atoms with van der Waals surface area (Å²) in [6.45, 7) is 5.11. The Balaban J connectivity index is 2.53. The van der Waals surface area contributed by atoms with E-state index in [0.717, 1.165) is 11.4 Å². The quantitative estimate of drug-likeness (QED) is 0.337. The first kappa shape index (κ1) is 11.5. The zero-order valence-corrected chi connectivity index (χ0v) is 9.06. The van der Waals surface area contributed by atoms with Gasteiger partial charge in [0, 0.05) is 6.07 Å². The van der Waals surface area contributed by atoms with E-state index in [4.69, 9.17) is 9.57 Å². The van der Waals surface area contributed by atoms with Crippen molar-refractivity contribution in [1.29, 1.82) is 0 Å². The lowest BCUT2D eigenvalue weighted by Crippen LogP contribution is -2.10. The Morgan fingerprint density at radius 1 is 1.33 bits per heavy atom. The van der Waals surface area contributed by atoms with Crippen molar-refractivity contribution >= 4 is 12.0 Å². The number of rotatable bonds is 6.